The van der Waals surface area contributed by atoms with Crippen molar-refractivity contribution in [2.75, 3.05) is 6.61 Å². The van der Waals surface area contributed by atoms with Crippen LogP contribution >= 0.6 is 0 Å². The molecule has 1 unspecified atom stereocenters. The molecule has 0 fully saturated rings. The monoisotopic (exact) mass is 346 g/mol. The van der Waals surface area contributed by atoms with Crippen LogP contribution in [0.15, 0.2) is 24.4 Å². The van der Waals surface area contributed by atoms with Crippen LogP contribution in [0.1, 0.15) is 12.5 Å². The Morgan fingerprint density at radius 1 is 1.42 bits per heavy atom. The summed E-state index contributed by atoms with van der Waals surface area (Å²) in [4.78, 5) is 21.9. The number of hydrogen-bond acceptors (Lipinski definition) is 5. The third-order valence-electron chi connectivity index (χ3n) is 3.56. The molecule has 1 atom stereocenters. The highest BCUT2D eigenvalue weighted by Crippen LogP contribution is 2.43. The van der Waals surface area contributed by atoms with Crippen LogP contribution in [-0.4, -0.2) is 33.3 Å². The second kappa shape index (κ2) is 5.78. The predicted molar refractivity (Wildman–Crippen MR) is 76.2 cm³/mol. The van der Waals surface area contributed by atoms with Crippen molar-refractivity contribution >= 4 is 22.6 Å². The molecule has 0 aliphatic heterocycles. The number of halogens is 3. The molecule has 0 saturated heterocycles. The number of ether oxygens (including phenoxy) is 1. The summed E-state index contributed by atoms with van der Waals surface area (Å²) in [6.45, 7) is 0.953. The number of benzene rings is 1. The van der Waals surface area contributed by atoms with E-state index in [1.807, 2.05) is 0 Å². The summed E-state index contributed by atoms with van der Waals surface area (Å²) in [7, 11) is 1.34. The Hall–Kier alpha value is -2.62. The third-order valence-corrected chi connectivity index (χ3v) is 3.56. The number of non-ortho nitro benzene ring substituents is 1. The first-order chi connectivity index (χ1) is 11.0. The van der Waals surface area contributed by atoms with Gasteiger partial charge in [0.2, 0.25) is 0 Å². The van der Waals surface area contributed by atoms with E-state index >= 15 is 0 Å². The maximum Gasteiger partial charge on any atom is 0.432 e. The van der Waals surface area contributed by atoms with E-state index in [2.05, 4.69) is 4.74 Å². The Balaban J connectivity index is 2.76. The fraction of sp³-hybridized carbons (Fsp3) is 0.357. The Morgan fingerprint density at radius 3 is 2.54 bits per heavy atom. The first-order valence-corrected chi connectivity index (χ1v) is 6.74. The maximum absolute atomic E-state index is 13.4. The summed E-state index contributed by atoms with van der Waals surface area (Å²) in [5, 5.41) is 20.8. The topological polar surface area (TPSA) is 94.6 Å². The molecule has 7 nitrogen and oxygen atoms in total. The minimum atomic E-state index is -5.34. The molecule has 1 N–H and O–H groups in total. The quantitative estimate of drug-likeness (QED) is 0.521. The van der Waals surface area contributed by atoms with Gasteiger partial charge < -0.3 is 14.4 Å². The molecule has 1 heterocycles. The maximum atomic E-state index is 13.4. The van der Waals surface area contributed by atoms with Crippen LogP contribution in [0.4, 0.5) is 18.9 Å². The molecule has 10 heteroatoms. The zero-order chi connectivity index (χ0) is 18.3. The molecule has 1 aromatic carbocycles. The van der Waals surface area contributed by atoms with Crippen LogP contribution in [0, 0.1) is 10.1 Å². The number of esters is 1. The number of hydrogen-bond donors (Lipinski definition) is 1. The van der Waals surface area contributed by atoms with Gasteiger partial charge in [0.25, 0.3) is 11.3 Å². The summed E-state index contributed by atoms with van der Waals surface area (Å²) in [6.07, 6.45) is -4.44. The van der Waals surface area contributed by atoms with E-state index in [-0.39, 0.29) is 23.2 Å². The number of nitro benzene ring substituents is 1. The first-order valence-electron chi connectivity index (χ1n) is 6.74. The summed E-state index contributed by atoms with van der Waals surface area (Å²) < 4.78 is 45.9. The molecule has 0 radical (unpaired) electrons. The molecule has 130 valence electrons. The molecule has 0 bridgehead atoms. The lowest BCUT2D eigenvalue weighted by Gasteiger charge is -2.27. The van der Waals surface area contributed by atoms with Gasteiger partial charge in [0, 0.05) is 36.3 Å². The summed E-state index contributed by atoms with van der Waals surface area (Å²) in [5.74, 6) is -1.86. The Kier molecular flexibility index (Phi) is 4.27. The Labute approximate surface area is 133 Å². The van der Waals surface area contributed by atoms with E-state index in [1.54, 1.807) is 0 Å². The Bertz CT molecular complexity index is 815. The van der Waals surface area contributed by atoms with Crippen LogP contribution in [0.25, 0.3) is 10.9 Å². The number of aliphatic hydroxyl groups is 1. The number of aryl methyl sites for hydroxylation is 1. The van der Waals surface area contributed by atoms with Crippen molar-refractivity contribution < 1.29 is 32.7 Å². The molecule has 0 aliphatic rings. The minimum absolute atomic E-state index is 0.0613. The molecular weight excluding hydrogens is 333 g/mol. The molecule has 0 saturated carbocycles. The molecular formula is C14H13F3N2O5. The van der Waals surface area contributed by atoms with E-state index in [0.717, 1.165) is 29.0 Å². The van der Waals surface area contributed by atoms with Gasteiger partial charge >= 0.3 is 12.1 Å². The fourth-order valence-corrected chi connectivity index (χ4v) is 2.39. The number of rotatable bonds is 4. The molecule has 0 aliphatic carbocycles. The van der Waals surface area contributed by atoms with Crippen molar-refractivity contribution in [3.8, 4) is 0 Å². The summed E-state index contributed by atoms with van der Waals surface area (Å²) in [5.41, 5.74) is -4.90. The van der Waals surface area contributed by atoms with Gasteiger partial charge in [-0.1, -0.05) is 0 Å². The lowest BCUT2D eigenvalue weighted by molar-refractivity contribution is -0.384. The van der Waals surface area contributed by atoms with Gasteiger partial charge in [0.05, 0.1) is 17.0 Å². The van der Waals surface area contributed by atoms with Crippen molar-refractivity contribution in [3.05, 3.63) is 40.1 Å². The van der Waals surface area contributed by atoms with E-state index in [4.69, 9.17) is 0 Å². The van der Waals surface area contributed by atoms with E-state index in [0.29, 0.717) is 0 Å². The number of alkyl halides is 3. The number of carbonyl (C=O) groups is 1. The highest BCUT2D eigenvalue weighted by Gasteiger charge is 2.63. The third kappa shape index (κ3) is 2.58. The van der Waals surface area contributed by atoms with E-state index in [9.17, 15) is 33.2 Å². The van der Waals surface area contributed by atoms with Gasteiger partial charge in [-0.05, 0) is 13.0 Å². The number of carbonyl (C=O) groups excluding carboxylic acids is 1. The second-order valence-corrected chi connectivity index (χ2v) is 5.04. The molecule has 2 rings (SSSR count). The van der Waals surface area contributed by atoms with Gasteiger partial charge in [0.15, 0.2) is 0 Å². The zero-order valence-electron chi connectivity index (χ0n) is 12.6. The SMILES string of the molecule is CCOC(=O)C(O)(c1cn(C)c2cc([N+](=O)[O-])ccc12)C(F)(F)F. The van der Waals surface area contributed by atoms with Crippen LogP contribution in [0.3, 0.4) is 0 Å². The van der Waals surface area contributed by atoms with E-state index in [1.165, 1.54) is 14.0 Å². The predicted octanol–water partition coefficient (Wildman–Crippen LogP) is 2.40. The summed E-state index contributed by atoms with van der Waals surface area (Å²) >= 11 is 0. The van der Waals surface area contributed by atoms with Crippen molar-refractivity contribution in [3.63, 3.8) is 0 Å². The van der Waals surface area contributed by atoms with Crippen molar-refractivity contribution in [2.24, 2.45) is 7.05 Å². The van der Waals surface area contributed by atoms with Crippen LogP contribution < -0.4 is 0 Å². The molecule has 24 heavy (non-hydrogen) atoms. The molecule has 0 amide bonds. The largest absolute Gasteiger partial charge is 0.463 e. The van der Waals surface area contributed by atoms with Gasteiger partial charge in [-0.3, -0.25) is 10.1 Å². The van der Waals surface area contributed by atoms with Crippen LogP contribution in [0.2, 0.25) is 0 Å². The first kappa shape index (κ1) is 17.7. The average molecular weight is 346 g/mol. The average Bonchev–Trinajstić information content (AvgIpc) is 2.82. The number of fused-ring (bicyclic) bond motifs is 1. The van der Waals surface area contributed by atoms with Crippen molar-refractivity contribution in [1.82, 2.24) is 4.57 Å². The molecule has 2 aromatic rings. The van der Waals surface area contributed by atoms with Gasteiger partial charge in [-0.25, -0.2) is 4.79 Å². The van der Waals surface area contributed by atoms with Crippen LogP contribution in [-0.2, 0) is 22.2 Å². The van der Waals surface area contributed by atoms with Crippen molar-refractivity contribution in [1.29, 1.82) is 0 Å². The fourth-order valence-electron chi connectivity index (χ4n) is 2.39. The summed E-state index contributed by atoms with van der Waals surface area (Å²) in [6, 6.07) is 3.10. The van der Waals surface area contributed by atoms with Gasteiger partial charge in [-0.2, -0.15) is 13.2 Å². The number of aromatic nitrogens is 1. The standard InChI is InChI=1S/C14H13F3N2O5/c1-3-24-12(20)13(21,14(15,16)17)10-7-18(2)11-6-8(19(22)23)4-5-9(10)11/h4-7,21H,3H2,1-2H3. The smallest absolute Gasteiger partial charge is 0.432 e. The van der Waals surface area contributed by atoms with E-state index < -0.39 is 28.2 Å². The van der Waals surface area contributed by atoms with Crippen LogP contribution in [0.5, 0.6) is 0 Å². The number of nitrogens with zero attached hydrogens (tertiary/aromatic N) is 2. The lowest BCUT2D eigenvalue weighted by atomic mass is 9.92. The zero-order valence-corrected chi connectivity index (χ0v) is 12.6. The molecule has 0 spiro atoms. The minimum Gasteiger partial charge on any atom is -0.463 e. The molecule has 1 aromatic heterocycles. The normalized spacial score (nSPS) is 14.4. The highest BCUT2D eigenvalue weighted by atomic mass is 19.4. The second-order valence-electron chi connectivity index (χ2n) is 5.04. The lowest BCUT2D eigenvalue weighted by Crippen LogP contribution is -2.50. The Morgan fingerprint density at radius 2 is 2.04 bits per heavy atom. The van der Waals surface area contributed by atoms with Gasteiger partial charge in [0.1, 0.15) is 0 Å². The highest BCUT2D eigenvalue weighted by molar-refractivity contribution is 5.93. The van der Waals surface area contributed by atoms with Crippen molar-refractivity contribution in [2.45, 2.75) is 18.7 Å². The van der Waals surface area contributed by atoms with Gasteiger partial charge in [-0.15, -0.1) is 0 Å². The number of nitro groups is 1.